The SMILES string of the molecule is Cc1cc2c(n1-c1cc(Cl)c(Cl)cc1Cl)CC(C)(C)CC2=O. The first-order valence-electron chi connectivity index (χ1n) is 7.09. The number of aromatic nitrogens is 1. The minimum atomic E-state index is -0.0602. The molecule has 0 radical (unpaired) electrons. The summed E-state index contributed by atoms with van der Waals surface area (Å²) in [7, 11) is 0. The monoisotopic (exact) mass is 355 g/mol. The van der Waals surface area contributed by atoms with Crippen molar-refractivity contribution in [2.75, 3.05) is 0 Å². The molecule has 0 amide bonds. The summed E-state index contributed by atoms with van der Waals surface area (Å²) in [5.41, 5.74) is 3.46. The van der Waals surface area contributed by atoms with E-state index in [4.69, 9.17) is 34.8 Å². The summed E-state index contributed by atoms with van der Waals surface area (Å²) in [6, 6.07) is 5.33. The van der Waals surface area contributed by atoms with Crippen LogP contribution in [0.15, 0.2) is 18.2 Å². The number of fused-ring (bicyclic) bond motifs is 1. The van der Waals surface area contributed by atoms with Gasteiger partial charge in [-0.25, -0.2) is 0 Å². The highest BCUT2D eigenvalue weighted by atomic mass is 35.5. The molecule has 116 valence electrons. The molecule has 1 aromatic carbocycles. The standard InChI is InChI=1S/C17H16Cl3NO/c1-9-4-10-15(7-17(2,3)8-16(10)22)21(9)14-6-12(19)11(18)5-13(14)20/h4-6H,7-8H2,1-3H3. The lowest BCUT2D eigenvalue weighted by atomic mass is 9.76. The molecule has 0 saturated heterocycles. The minimum absolute atomic E-state index is 0.0602. The van der Waals surface area contributed by atoms with E-state index in [1.807, 2.05) is 17.6 Å². The zero-order chi connectivity index (χ0) is 16.2. The van der Waals surface area contributed by atoms with Crippen LogP contribution in [0.3, 0.4) is 0 Å². The van der Waals surface area contributed by atoms with Gasteiger partial charge in [0.15, 0.2) is 5.78 Å². The average molecular weight is 357 g/mol. The van der Waals surface area contributed by atoms with E-state index in [9.17, 15) is 4.79 Å². The Kier molecular flexibility index (Phi) is 3.83. The van der Waals surface area contributed by atoms with Crippen LogP contribution >= 0.6 is 34.8 Å². The van der Waals surface area contributed by atoms with Gasteiger partial charge < -0.3 is 4.57 Å². The normalized spacial score (nSPS) is 16.7. The van der Waals surface area contributed by atoms with Gasteiger partial charge in [-0.1, -0.05) is 48.7 Å². The molecule has 1 aliphatic rings. The molecule has 0 fully saturated rings. The summed E-state index contributed by atoms with van der Waals surface area (Å²) < 4.78 is 2.03. The number of rotatable bonds is 1. The summed E-state index contributed by atoms with van der Waals surface area (Å²) in [5.74, 6) is 0.185. The van der Waals surface area contributed by atoms with Crippen LogP contribution in [-0.4, -0.2) is 10.4 Å². The van der Waals surface area contributed by atoms with Gasteiger partial charge in [0.1, 0.15) is 0 Å². The molecule has 0 saturated carbocycles. The number of carbonyl (C=O) groups is 1. The molecular weight excluding hydrogens is 341 g/mol. The van der Waals surface area contributed by atoms with Crippen LogP contribution in [-0.2, 0) is 6.42 Å². The summed E-state index contributed by atoms with van der Waals surface area (Å²) in [5, 5.41) is 1.39. The largest absolute Gasteiger partial charge is 0.316 e. The lowest BCUT2D eigenvalue weighted by Crippen LogP contribution is -2.27. The molecule has 0 N–H and O–H groups in total. The fourth-order valence-electron chi connectivity index (χ4n) is 3.17. The predicted octanol–water partition coefficient (Wildman–Crippen LogP) is 5.90. The Balaban J connectivity index is 2.26. The third-order valence-electron chi connectivity index (χ3n) is 4.10. The van der Waals surface area contributed by atoms with Crippen molar-refractivity contribution in [3.8, 4) is 5.69 Å². The predicted molar refractivity (Wildman–Crippen MR) is 92.0 cm³/mol. The maximum absolute atomic E-state index is 12.4. The van der Waals surface area contributed by atoms with Gasteiger partial charge in [0.25, 0.3) is 0 Å². The van der Waals surface area contributed by atoms with Gasteiger partial charge in [-0.2, -0.15) is 0 Å². The molecule has 0 unspecified atom stereocenters. The van der Waals surface area contributed by atoms with Gasteiger partial charge in [0.05, 0.1) is 20.8 Å². The number of Topliss-reactive ketones (excluding diaryl/α,β-unsaturated/α-hetero) is 1. The maximum atomic E-state index is 12.4. The van der Waals surface area contributed by atoms with Crippen LogP contribution < -0.4 is 0 Å². The van der Waals surface area contributed by atoms with Crippen LogP contribution in [0, 0.1) is 12.3 Å². The lowest BCUT2D eigenvalue weighted by Gasteiger charge is -2.30. The van der Waals surface area contributed by atoms with E-state index in [1.54, 1.807) is 12.1 Å². The summed E-state index contributed by atoms with van der Waals surface area (Å²) in [4.78, 5) is 12.4. The summed E-state index contributed by atoms with van der Waals surface area (Å²) in [6.45, 7) is 6.19. The summed E-state index contributed by atoms with van der Waals surface area (Å²) >= 11 is 18.5. The number of benzene rings is 1. The zero-order valence-electron chi connectivity index (χ0n) is 12.6. The first-order valence-corrected chi connectivity index (χ1v) is 8.22. The Hall–Kier alpha value is -0.960. The van der Waals surface area contributed by atoms with Gasteiger partial charge in [-0.15, -0.1) is 0 Å². The van der Waals surface area contributed by atoms with Crippen molar-refractivity contribution in [2.24, 2.45) is 5.41 Å². The second-order valence-corrected chi connectivity index (χ2v) is 7.86. The van der Waals surface area contributed by atoms with Crippen molar-refractivity contribution < 1.29 is 4.79 Å². The van der Waals surface area contributed by atoms with Gasteiger partial charge >= 0.3 is 0 Å². The third kappa shape index (κ3) is 2.58. The van der Waals surface area contributed by atoms with Crippen LogP contribution in [0.1, 0.15) is 42.0 Å². The number of nitrogens with zero attached hydrogens (tertiary/aromatic N) is 1. The molecule has 1 aliphatic carbocycles. The zero-order valence-corrected chi connectivity index (χ0v) is 14.9. The molecular formula is C17H16Cl3NO. The maximum Gasteiger partial charge on any atom is 0.165 e. The van der Waals surface area contributed by atoms with Crippen LogP contribution in [0.2, 0.25) is 15.1 Å². The van der Waals surface area contributed by atoms with Crippen LogP contribution in [0.25, 0.3) is 5.69 Å². The van der Waals surface area contributed by atoms with E-state index >= 15 is 0 Å². The van der Waals surface area contributed by atoms with Gasteiger partial charge in [0.2, 0.25) is 0 Å². The molecule has 1 aromatic heterocycles. The molecule has 0 spiro atoms. The number of hydrogen-bond acceptors (Lipinski definition) is 1. The van der Waals surface area contributed by atoms with Gasteiger partial charge in [0, 0.05) is 23.4 Å². The van der Waals surface area contributed by atoms with Crippen molar-refractivity contribution in [1.82, 2.24) is 4.57 Å². The molecule has 2 nitrogen and oxygen atoms in total. The lowest BCUT2D eigenvalue weighted by molar-refractivity contribution is 0.0911. The first kappa shape index (κ1) is 15.9. The first-order chi connectivity index (χ1) is 10.2. The number of ketones is 1. The van der Waals surface area contributed by atoms with Crippen molar-refractivity contribution in [3.63, 3.8) is 0 Å². The quantitative estimate of drug-likeness (QED) is 0.583. The molecule has 0 atom stereocenters. The van der Waals surface area contributed by atoms with Gasteiger partial charge in [-0.05, 0) is 37.0 Å². The second kappa shape index (κ2) is 5.30. The second-order valence-electron chi connectivity index (χ2n) is 6.64. The van der Waals surface area contributed by atoms with E-state index in [2.05, 4.69) is 13.8 Å². The fourth-order valence-corrected chi connectivity index (χ4v) is 3.80. The Morgan fingerprint density at radius 1 is 1.00 bits per heavy atom. The Morgan fingerprint density at radius 3 is 2.32 bits per heavy atom. The topological polar surface area (TPSA) is 22.0 Å². The molecule has 22 heavy (non-hydrogen) atoms. The Labute approximate surface area is 145 Å². The Bertz CT molecular complexity index is 790. The number of halogens is 3. The van der Waals surface area contributed by atoms with E-state index in [0.717, 1.165) is 29.1 Å². The molecule has 0 aliphatic heterocycles. The average Bonchev–Trinajstić information content (AvgIpc) is 2.69. The molecule has 1 heterocycles. The summed E-state index contributed by atoms with van der Waals surface area (Å²) in [6.07, 6.45) is 1.39. The smallest absolute Gasteiger partial charge is 0.165 e. The molecule has 3 rings (SSSR count). The Morgan fingerprint density at radius 2 is 1.64 bits per heavy atom. The third-order valence-corrected chi connectivity index (χ3v) is 5.13. The molecule has 2 aromatic rings. The molecule has 0 bridgehead atoms. The van der Waals surface area contributed by atoms with E-state index in [1.165, 1.54) is 0 Å². The van der Waals surface area contributed by atoms with Crippen molar-refractivity contribution in [1.29, 1.82) is 0 Å². The minimum Gasteiger partial charge on any atom is -0.316 e. The van der Waals surface area contributed by atoms with Crippen LogP contribution in [0.4, 0.5) is 0 Å². The fraction of sp³-hybridized carbons (Fsp3) is 0.353. The van der Waals surface area contributed by atoms with Crippen molar-refractivity contribution in [3.05, 3.63) is 50.2 Å². The number of aryl methyl sites for hydroxylation is 1. The number of carbonyl (C=O) groups excluding carboxylic acids is 1. The highest BCUT2D eigenvalue weighted by molar-refractivity contribution is 6.43. The van der Waals surface area contributed by atoms with Crippen molar-refractivity contribution in [2.45, 2.75) is 33.6 Å². The van der Waals surface area contributed by atoms with E-state index < -0.39 is 0 Å². The van der Waals surface area contributed by atoms with Crippen molar-refractivity contribution >= 4 is 40.6 Å². The molecule has 5 heteroatoms. The van der Waals surface area contributed by atoms with E-state index in [0.29, 0.717) is 21.5 Å². The van der Waals surface area contributed by atoms with Gasteiger partial charge in [-0.3, -0.25) is 4.79 Å². The number of hydrogen-bond donors (Lipinski definition) is 0. The highest BCUT2D eigenvalue weighted by Gasteiger charge is 2.34. The van der Waals surface area contributed by atoms with Crippen LogP contribution in [0.5, 0.6) is 0 Å². The highest BCUT2D eigenvalue weighted by Crippen LogP contribution is 2.40. The van der Waals surface area contributed by atoms with E-state index in [-0.39, 0.29) is 11.2 Å².